The minimum absolute atomic E-state index is 0.0303. The number of hydrogen-bond acceptors (Lipinski definition) is 3. The van der Waals surface area contributed by atoms with E-state index in [0.29, 0.717) is 5.69 Å². The van der Waals surface area contributed by atoms with E-state index >= 15 is 0 Å². The van der Waals surface area contributed by atoms with E-state index in [0.717, 1.165) is 6.42 Å². The van der Waals surface area contributed by atoms with Gasteiger partial charge in [-0.3, -0.25) is 9.59 Å². The highest BCUT2D eigenvalue weighted by Crippen LogP contribution is 2.60. The van der Waals surface area contributed by atoms with Crippen LogP contribution in [0.4, 0.5) is 5.69 Å². The van der Waals surface area contributed by atoms with Gasteiger partial charge in [0.15, 0.2) is 0 Å². The van der Waals surface area contributed by atoms with Crippen LogP contribution >= 0.6 is 31.9 Å². The standard InChI is InChI=1S/C15H13Br2NO3/c16-12-6-5-7(13(12)17)11-10(6)14(20)18(15(11)21)8-3-1-2-4-9(8)19/h1-4,6-7,10-13,19H,5H2/t6-,7-,10-,11-,12+,13+/m1/s1. The lowest BCUT2D eigenvalue weighted by Gasteiger charge is -2.28. The molecule has 2 amide bonds. The quantitative estimate of drug-likeness (QED) is 0.567. The van der Waals surface area contributed by atoms with Crippen molar-refractivity contribution in [2.45, 2.75) is 16.1 Å². The van der Waals surface area contributed by atoms with E-state index in [1.165, 1.54) is 11.0 Å². The van der Waals surface area contributed by atoms with Gasteiger partial charge in [0, 0.05) is 9.65 Å². The maximum Gasteiger partial charge on any atom is 0.238 e. The average molecular weight is 415 g/mol. The number of carbonyl (C=O) groups excluding carboxylic acids is 2. The number of hydrogen-bond donors (Lipinski definition) is 1. The lowest BCUT2D eigenvalue weighted by atomic mass is 9.81. The Morgan fingerprint density at radius 2 is 1.52 bits per heavy atom. The molecular weight excluding hydrogens is 402 g/mol. The predicted molar refractivity (Wildman–Crippen MR) is 84.6 cm³/mol. The SMILES string of the molecule is O=C1[C@@H]2[C@H]3C[C@@H]([C@H](Br)[C@H]3Br)[C@H]2C(=O)N1c1ccccc1O. The number of amides is 2. The van der Waals surface area contributed by atoms with E-state index in [1.54, 1.807) is 18.2 Å². The Morgan fingerprint density at radius 1 is 1.00 bits per heavy atom. The highest BCUT2D eigenvalue weighted by molar-refractivity contribution is 9.12. The zero-order valence-corrected chi connectivity index (χ0v) is 14.1. The predicted octanol–water partition coefficient (Wildman–Crippen LogP) is 2.67. The van der Waals surface area contributed by atoms with Crippen molar-refractivity contribution in [3.63, 3.8) is 0 Å². The van der Waals surface area contributed by atoms with Crippen LogP contribution < -0.4 is 4.90 Å². The number of phenols is 1. The van der Waals surface area contributed by atoms with Gasteiger partial charge in [-0.1, -0.05) is 44.0 Å². The zero-order valence-electron chi connectivity index (χ0n) is 10.9. The summed E-state index contributed by atoms with van der Waals surface area (Å²) in [4.78, 5) is 27.1. The van der Waals surface area contributed by atoms with Gasteiger partial charge in [0.05, 0.1) is 17.5 Å². The van der Waals surface area contributed by atoms with Crippen molar-refractivity contribution in [3.8, 4) is 5.75 Å². The number of benzene rings is 1. The first kappa shape index (κ1) is 13.8. The number of nitrogens with zero attached hydrogens (tertiary/aromatic N) is 1. The maximum absolute atomic E-state index is 12.7. The van der Waals surface area contributed by atoms with E-state index in [4.69, 9.17) is 0 Å². The molecule has 1 aromatic carbocycles. The summed E-state index contributed by atoms with van der Waals surface area (Å²) >= 11 is 7.31. The molecule has 0 unspecified atom stereocenters. The van der Waals surface area contributed by atoms with Gasteiger partial charge in [-0.15, -0.1) is 0 Å². The van der Waals surface area contributed by atoms with Gasteiger partial charge < -0.3 is 5.11 Å². The number of imide groups is 1. The fourth-order valence-electron chi connectivity index (χ4n) is 4.24. The molecule has 4 nitrogen and oxygen atoms in total. The number of halogens is 2. The molecule has 2 saturated carbocycles. The Balaban J connectivity index is 1.77. The maximum atomic E-state index is 12.7. The summed E-state index contributed by atoms with van der Waals surface area (Å²) in [6.45, 7) is 0. The monoisotopic (exact) mass is 413 g/mol. The number of anilines is 1. The third kappa shape index (κ3) is 1.66. The van der Waals surface area contributed by atoms with Crippen molar-refractivity contribution >= 4 is 49.4 Å². The molecule has 1 aromatic rings. The number of phenolic OH excluding ortho intramolecular Hbond substituents is 1. The molecule has 4 rings (SSSR count). The third-order valence-electron chi connectivity index (χ3n) is 5.11. The van der Waals surface area contributed by atoms with Crippen molar-refractivity contribution in [1.29, 1.82) is 0 Å². The lowest BCUT2D eigenvalue weighted by Crippen LogP contribution is -2.37. The van der Waals surface area contributed by atoms with Gasteiger partial charge in [0.2, 0.25) is 11.8 Å². The summed E-state index contributed by atoms with van der Waals surface area (Å²) in [5.74, 6) is -0.475. The number of alkyl halides is 2. The van der Waals surface area contributed by atoms with E-state index < -0.39 is 0 Å². The molecule has 2 bridgehead atoms. The molecule has 6 heteroatoms. The molecule has 1 saturated heterocycles. The second-order valence-corrected chi connectivity index (χ2v) is 8.12. The molecule has 21 heavy (non-hydrogen) atoms. The minimum Gasteiger partial charge on any atom is -0.506 e. The van der Waals surface area contributed by atoms with Crippen molar-refractivity contribution in [2.75, 3.05) is 4.90 Å². The summed E-state index contributed by atoms with van der Waals surface area (Å²) in [6.07, 6.45) is 0.910. The molecule has 2 aliphatic carbocycles. The molecule has 3 aliphatic rings. The van der Waals surface area contributed by atoms with Gasteiger partial charge >= 0.3 is 0 Å². The second kappa shape index (κ2) is 4.56. The Morgan fingerprint density at radius 3 is 2.05 bits per heavy atom. The highest BCUT2D eigenvalue weighted by atomic mass is 79.9. The summed E-state index contributed by atoms with van der Waals surface area (Å²) in [5.41, 5.74) is 0.304. The first-order valence-electron chi connectivity index (χ1n) is 6.96. The number of carbonyl (C=O) groups is 2. The molecule has 1 aliphatic heterocycles. The number of para-hydroxylation sites is 2. The number of fused-ring (bicyclic) bond motifs is 5. The van der Waals surface area contributed by atoms with E-state index in [2.05, 4.69) is 31.9 Å². The van der Waals surface area contributed by atoms with Gasteiger partial charge in [-0.2, -0.15) is 0 Å². The minimum atomic E-state index is -0.250. The first-order chi connectivity index (χ1) is 10.0. The van der Waals surface area contributed by atoms with Crippen LogP contribution in [0.5, 0.6) is 5.75 Å². The van der Waals surface area contributed by atoms with E-state index in [9.17, 15) is 14.7 Å². The van der Waals surface area contributed by atoms with Crippen LogP contribution in [0, 0.1) is 23.7 Å². The zero-order chi connectivity index (χ0) is 14.9. The molecule has 6 atom stereocenters. The second-order valence-electron chi connectivity index (χ2n) is 6.00. The van der Waals surface area contributed by atoms with Crippen LogP contribution in [0.15, 0.2) is 24.3 Å². The van der Waals surface area contributed by atoms with Crippen LogP contribution in [0.25, 0.3) is 0 Å². The fraction of sp³-hybridized carbons (Fsp3) is 0.467. The first-order valence-corrected chi connectivity index (χ1v) is 8.79. The molecule has 1 N–H and O–H groups in total. The highest BCUT2D eigenvalue weighted by Gasteiger charge is 2.66. The van der Waals surface area contributed by atoms with Crippen molar-refractivity contribution in [3.05, 3.63) is 24.3 Å². The fourth-order valence-corrected chi connectivity index (χ4v) is 6.11. The molecule has 0 radical (unpaired) electrons. The Kier molecular flexibility index (Phi) is 2.99. The molecule has 110 valence electrons. The number of rotatable bonds is 1. The molecular formula is C15H13Br2NO3. The van der Waals surface area contributed by atoms with Crippen molar-refractivity contribution in [2.24, 2.45) is 23.7 Å². The normalized spacial score (nSPS) is 41.0. The Hall–Kier alpha value is -0.880. The molecule has 3 fully saturated rings. The van der Waals surface area contributed by atoms with E-state index in [1.807, 2.05) is 0 Å². The summed E-state index contributed by atoms with van der Waals surface area (Å²) in [6, 6.07) is 6.51. The van der Waals surface area contributed by atoms with Gasteiger partial charge in [-0.25, -0.2) is 4.90 Å². The van der Waals surface area contributed by atoms with Crippen LogP contribution in [0.2, 0.25) is 0 Å². The Labute approximate surface area is 138 Å². The van der Waals surface area contributed by atoms with Gasteiger partial charge in [0.25, 0.3) is 0 Å². The topological polar surface area (TPSA) is 57.6 Å². The summed E-state index contributed by atoms with van der Waals surface area (Å²) < 4.78 is 0. The third-order valence-corrected chi connectivity index (χ3v) is 8.32. The molecule has 1 heterocycles. The van der Waals surface area contributed by atoms with Gasteiger partial charge in [-0.05, 0) is 30.4 Å². The van der Waals surface area contributed by atoms with Crippen LogP contribution in [-0.4, -0.2) is 26.6 Å². The lowest BCUT2D eigenvalue weighted by molar-refractivity contribution is -0.123. The van der Waals surface area contributed by atoms with Crippen LogP contribution in [-0.2, 0) is 9.59 Å². The van der Waals surface area contributed by atoms with Crippen LogP contribution in [0.1, 0.15) is 6.42 Å². The van der Waals surface area contributed by atoms with Crippen LogP contribution in [0.3, 0.4) is 0 Å². The summed E-state index contributed by atoms with van der Waals surface area (Å²) in [5, 5.41) is 9.96. The molecule has 0 spiro atoms. The smallest absolute Gasteiger partial charge is 0.238 e. The largest absolute Gasteiger partial charge is 0.506 e. The molecule has 0 aromatic heterocycles. The Bertz CT molecular complexity index is 618. The van der Waals surface area contributed by atoms with E-state index in [-0.39, 0.29) is 50.9 Å². The van der Waals surface area contributed by atoms with Gasteiger partial charge in [0.1, 0.15) is 5.75 Å². The average Bonchev–Trinajstić information content (AvgIpc) is 3.06. The van der Waals surface area contributed by atoms with Crippen molar-refractivity contribution in [1.82, 2.24) is 0 Å². The van der Waals surface area contributed by atoms with Crippen molar-refractivity contribution < 1.29 is 14.7 Å². The number of aromatic hydroxyl groups is 1. The summed E-state index contributed by atoms with van der Waals surface area (Å²) in [7, 11) is 0.